The SMILES string of the molecule is COCCN1C[C@@H](NC(=O)Nc2c(C)c(-c3cnn(C)c3)nn2-c2ccc(F)cc2)[C@H](C2C=C(F)C(F)=CC2)C1. The summed E-state index contributed by atoms with van der Waals surface area (Å²) < 4.78 is 49.9. The predicted molar refractivity (Wildman–Crippen MR) is 145 cm³/mol. The Kier molecular flexibility index (Phi) is 8.08. The van der Waals surface area contributed by atoms with Crippen molar-refractivity contribution in [1.29, 1.82) is 0 Å². The molecule has 2 N–H and O–H groups in total. The first-order valence-electron chi connectivity index (χ1n) is 13.1. The van der Waals surface area contributed by atoms with Gasteiger partial charge >= 0.3 is 6.03 Å². The molecule has 2 aliphatic rings. The molecule has 40 heavy (non-hydrogen) atoms. The third-order valence-corrected chi connectivity index (χ3v) is 7.48. The molecule has 2 aromatic heterocycles. The molecular formula is C28H32F3N7O2. The van der Waals surface area contributed by atoms with E-state index in [9.17, 15) is 18.0 Å². The highest BCUT2D eigenvalue weighted by molar-refractivity contribution is 5.91. The number of nitrogens with one attached hydrogen (secondary N) is 2. The third-order valence-electron chi connectivity index (χ3n) is 7.48. The fraction of sp³-hybridized carbons (Fsp3) is 0.393. The third kappa shape index (κ3) is 5.82. The van der Waals surface area contributed by atoms with Gasteiger partial charge in [0.15, 0.2) is 11.7 Å². The number of urea groups is 1. The average Bonchev–Trinajstić information content (AvgIpc) is 3.62. The normalized spacial score (nSPS) is 21.3. The highest BCUT2D eigenvalue weighted by Gasteiger charge is 2.39. The molecule has 212 valence electrons. The van der Waals surface area contributed by atoms with Crippen molar-refractivity contribution >= 4 is 11.8 Å². The lowest BCUT2D eigenvalue weighted by Gasteiger charge is -2.27. The number of hydrogen-bond donors (Lipinski definition) is 2. The summed E-state index contributed by atoms with van der Waals surface area (Å²) in [4.78, 5) is 15.6. The number of likely N-dealkylation sites (tertiary alicyclic amines) is 1. The quantitative estimate of drug-likeness (QED) is 0.427. The van der Waals surface area contributed by atoms with E-state index < -0.39 is 17.7 Å². The Bertz CT molecular complexity index is 1430. The van der Waals surface area contributed by atoms with Gasteiger partial charge < -0.3 is 10.1 Å². The molecule has 0 radical (unpaired) electrons. The van der Waals surface area contributed by atoms with Crippen LogP contribution in [0.4, 0.5) is 23.8 Å². The summed E-state index contributed by atoms with van der Waals surface area (Å²) in [7, 11) is 3.42. The molecule has 9 nitrogen and oxygen atoms in total. The molecule has 3 aromatic rings. The number of methoxy groups -OCH3 is 1. The van der Waals surface area contributed by atoms with Gasteiger partial charge in [-0.05, 0) is 61.6 Å². The van der Waals surface area contributed by atoms with Crippen LogP contribution in [0.25, 0.3) is 16.9 Å². The number of carbonyl (C=O) groups excluding carboxylic acids is 1. The van der Waals surface area contributed by atoms with Crippen LogP contribution in [0.5, 0.6) is 0 Å². The molecule has 1 saturated heterocycles. The number of halogens is 3. The van der Waals surface area contributed by atoms with Gasteiger partial charge in [0.05, 0.1) is 18.5 Å². The highest BCUT2D eigenvalue weighted by Crippen LogP contribution is 2.35. The van der Waals surface area contributed by atoms with E-state index >= 15 is 0 Å². The van der Waals surface area contributed by atoms with E-state index in [1.165, 1.54) is 24.3 Å². The Labute approximate surface area is 230 Å². The Hall–Kier alpha value is -3.90. The van der Waals surface area contributed by atoms with Crippen molar-refractivity contribution in [3.8, 4) is 16.9 Å². The minimum absolute atomic E-state index is 0.133. The van der Waals surface area contributed by atoms with Gasteiger partial charge in [0.1, 0.15) is 17.3 Å². The number of amides is 2. The molecule has 12 heteroatoms. The van der Waals surface area contributed by atoms with Crippen molar-refractivity contribution in [2.75, 3.05) is 38.7 Å². The van der Waals surface area contributed by atoms with E-state index in [0.717, 1.165) is 5.56 Å². The Morgan fingerprint density at radius 3 is 2.60 bits per heavy atom. The molecule has 3 heterocycles. The van der Waals surface area contributed by atoms with Crippen LogP contribution < -0.4 is 10.6 Å². The fourth-order valence-corrected chi connectivity index (χ4v) is 5.42. The Morgan fingerprint density at radius 2 is 1.93 bits per heavy atom. The summed E-state index contributed by atoms with van der Waals surface area (Å²) in [6.45, 7) is 4.15. The van der Waals surface area contributed by atoms with Gasteiger partial charge in [-0.2, -0.15) is 10.2 Å². The molecule has 1 aliphatic heterocycles. The Balaban J connectivity index is 1.40. The number of aromatic nitrogens is 4. The summed E-state index contributed by atoms with van der Waals surface area (Å²) in [5.41, 5.74) is 2.65. The zero-order valence-corrected chi connectivity index (χ0v) is 22.6. The van der Waals surface area contributed by atoms with Crippen LogP contribution in [0.1, 0.15) is 12.0 Å². The lowest BCUT2D eigenvalue weighted by molar-refractivity contribution is 0.157. The van der Waals surface area contributed by atoms with Gasteiger partial charge in [-0.3, -0.25) is 14.9 Å². The van der Waals surface area contributed by atoms with Crippen molar-refractivity contribution < 1.29 is 22.7 Å². The number of carbonyl (C=O) groups is 1. The van der Waals surface area contributed by atoms with Crippen molar-refractivity contribution in [3.05, 3.63) is 71.8 Å². The van der Waals surface area contributed by atoms with Crippen molar-refractivity contribution in [2.24, 2.45) is 18.9 Å². The van der Waals surface area contributed by atoms with E-state index in [-0.39, 0.29) is 23.7 Å². The average molecular weight is 556 g/mol. The Morgan fingerprint density at radius 1 is 1.15 bits per heavy atom. The molecule has 0 bridgehead atoms. The zero-order chi connectivity index (χ0) is 28.4. The summed E-state index contributed by atoms with van der Waals surface area (Å²) in [5.74, 6) is -2.08. The maximum Gasteiger partial charge on any atom is 0.320 e. The van der Waals surface area contributed by atoms with E-state index in [4.69, 9.17) is 9.84 Å². The molecular weight excluding hydrogens is 523 g/mol. The highest BCUT2D eigenvalue weighted by atomic mass is 19.2. The van der Waals surface area contributed by atoms with Crippen molar-refractivity contribution in [2.45, 2.75) is 19.4 Å². The number of nitrogens with zero attached hydrogens (tertiary/aromatic N) is 5. The van der Waals surface area contributed by atoms with Crippen molar-refractivity contribution in [1.82, 2.24) is 29.8 Å². The summed E-state index contributed by atoms with van der Waals surface area (Å²) in [6.07, 6.45) is 6.44. The minimum atomic E-state index is -0.864. The first-order valence-corrected chi connectivity index (χ1v) is 13.1. The second kappa shape index (κ2) is 11.7. The number of ether oxygens (including phenoxy) is 1. The summed E-state index contributed by atoms with van der Waals surface area (Å²) in [5, 5.41) is 14.9. The lowest BCUT2D eigenvalue weighted by Crippen LogP contribution is -2.45. The molecule has 0 saturated carbocycles. The molecule has 5 rings (SSSR count). The molecule has 0 spiro atoms. The van der Waals surface area contributed by atoms with Gasteiger partial charge in [0.25, 0.3) is 0 Å². The number of benzene rings is 1. The molecule has 2 amide bonds. The van der Waals surface area contributed by atoms with E-state index in [1.54, 1.807) is 41.9 Å². The maximum atomic E-state index is 14.1. The second-order valence-electron chi connectivity index (χ2n) is 10.2. The van der Waals surface area contributed by atoms with Crippen LogP contribution in [0, 0.1) is 24.6 Å². The number of allylic oxidation sites excluding steroid dienone is 4. The van der Waals surface area contributed by atoms with Crippen LogP contribution in [-0.4, -0.2) is 69.9 Å². The zero-order valence-electron chi connectivity index (χ0n) is 22.6. The smallest absolute Gasteiger partial charge is 0.320 e. The molecule has 1 aromatic carbocycles. The van der Waals surface area contributed by atoms with Crippen LogP contribution in [0.15, 0.2) is 60.5 Å². The number of aryl methyl sites for hydroxylation is 1. The van der Waals surface area contributed by atoms with Crippen LogP contribution in [0.3, 0.4) is 0 Å². The predicted octanol–water partition coefficient (Wildman–Crippen LogP) is 4.52. The summed E-state index contributed by atoms with van der Waals surface area (Å²) in [6, 6.07) is 5.03. The van der Waals surface area contributed by atoms with Gasteiger partial charge in [-0.25, -0.2) is 22.6 Å². The van der Waals surface area contributed by atoms with Crippen molar-refractivity contribution in [3.63, 3.8) is 0 Å². The number of hydrogen-bond acceptors (Lipinski definition) is 5. The van der Waals surface area contributed by atoms with E-state index in [1.807, 2.05) is 13.1 Å². The second-order valence-corrected chi connectivity index (χ2v) is 10.2. The fourth-order valence-electron chi connectivity index (χ4n) is 5.42. The minimum Gasteiger partial charge on any atom is -0.383 e. The van der Waals surface area contributed by atoms with Gasteiger partial charge in [0.2, 0.25) is 0 Å². The number of rotatable bonds is 8. The number of anilines is 1. The van der Waals surface area contributed by atoms with Gasteiger partial charge in [-0.1, -0.05) is 0 Å². The van der Waals surface area contributed by atoms with E-state index in [0.29, 0.717) is 55.4 Å². The van der Waals surface area contributed by atoms with Gasteiger partial charge in [0, 0.05) is 57.2 Å². The van der Waals surface area contributed by atoms with Crippen LogP contribution in [0.2, 0.25) is 0 Å². The lowest BCUT2D eigenvalue weighted by atomic mass is 9.83. The standard InChI is InChI=1S/C28H32F3N7O2/c1-17-26(19-13-32-36(2)14-19)35-38(21-7-5-20(29)6-8-21)27(17)34-28(39)33-25-16-37(10-11-40-3)15-22(25)18-4-9-23(30)24(31)12-18/h5-9,12-14,18,22,25H,4,10-11,15-16H2,1-3H3,(H2,33,34,39)/t18?,22-,25+/m0/s1. The molecule has 1 aliphatic carbocycles. The van der Waals surface area contributed by atoms with Crippen LogP contribution in [-0.2, 0) is 11.8 Å². The molecule has 3 atom stereocenters. The first kappa shape index (κ1) is 27.7. The first-order chi connectivity index (χ1) is 19.2. The van der Waals surface area contributed by atoms with E-state index in [2.05, 4.69) is 20.6 Å². The topological polar surface area (TPSA) is 89.2 Å². The maximum absolute atomic E-state index is 14.1. The largest absolute Gasteiger partial charge is 0.383 e. The monoisotopic (exact) mass is 555 g/mol. The van der Waals surface area contributed by atoms with Gasteiger partial charge in [-0.15, -0.1) is 0 Å². The molecule has 1 unspecified atom stereocenters. The van der Waals surface area contributed by atoms with Crippen LogP contribution >= 0.6 is 0 Å². The summed E-state index contributed by atoms with van der Waals surface area (Å²) >= 11 is 0. The molecule has 1 fully saturated rings.